The Morgan fingerprint density at radius 1 is 1.34 bits per heavy atom. The Hall–Kier alpha value is -2.35. The number of carbonyl (C=O) groups excluding carboxylic acids is 1. The van der Waals surface area contributed by atoms with Gasteiger partial charge in [0.1, 0.15) is 11.6 Å². The summed E-state index contributed by atoms with van der Waals surface area (Å²) in [4.78, 5) is 12.5. The van der Waals surface area contributed by atoms with Crippen molar-refractivity contribution in [1.29, 1.82) is 0 Å². The zero-order valence-corrected chi connectivity index (χ0v) is 17.8. The van der Waals surface area contributed by atoms with E-state index in [4.69, 9.17) is 4.74 Å². The van der Waals surface area contributed by atoms with Crippen molar-refractivity contribution in [3.8, 4) is 5.75 Å². The van der Waals surface area contributed by atoms with Gasteiger partial charge in [0, 0.05) is 17.9 Å². The molecule has 1 saturated heterocycles. The van der Waals surface area contributed by atoms with Crippen molar-refractivity contribution in [2.24, 2.45) is 5.92 Å². The summed E-state index contributed by atoms with van der Waals surface area (Å²) in [5, 5.41) is 7.58. The number of nitrogens with one attached hydrogen (secondary N) is 1. The second-order valence-corrected chi connectivity index (χ2v) is 10.7. The zero-order valence-electron chi connectivity index (χ0n) is 17.0. The third-order valence-electron chi connectivity index (χ3n) is 5.53. The highest BCUT2D eigenvalue weighted by Gasteiger charge is 2.37. The maximum Gasteiger partial charge on any atom is 0.226 e. The fourth-order valence-corrected chi connectivity index (χ4v) is 5.87. The summed E-state index contributed by atoms with van der Waals surface area (Å²) in [5.74, 6) is 1.87. The number of ether oxygens (including phenoxy) is 1. The molecule has 3 heterocycles. The number of benzene rings is 1. The van der Waals surface area contributed by atoms with Gasteiger partial charge in [0.2, 0.25) is 5.91 Å². The molecule has 2 aliphatic rings. The molecule has 1 fully saturated rings. The first-order valence-corrected chi connectivity index (χ1v) is 11.9. The maximum absolute atomic E-state index is 12.5. The van der Waals surface area contributed by atoms with Crippen molar-refractivity contribution in [3.63, 3.8) is 0 Å². The van der Waals surface area contributed by atoms with Gasteiger partial charge in [-0.25, -0.2) is 13.1 Å². The van der Waals surface area contributed by atoms with Crippen LogP contribution in [0.15, 0.2) is 24.3 Å². The van der Waals surface area contributed by atoms with E-state index in [1.807, 2.05) is 31.2 Å². The van der Waals surface area contributed by atoms with Gasteiger partial charge in [0.15, 0.2) is 9.84 Å². The molecule has 7 nitrogen and oxygen atoms in total. The number of sulfone groups is 1. The topological polar surface area (TPSA) is 90.3 Å². The second kappa shape index (κ2) is 7.48. The van der Waals surface area contributed by atoms with Gasteiger partial charge in [-0.3, -0.25) is 4.79 Å². The number of carbonyl (C=O) groups is 1. The lowest BCUT2D eigenvalue weighted by Gasteiger charge is -2.25. The highest BCUT2D eigenvalue weighted by atomic mass is 32.2. The van der Waals surface area contributed by atoms with Gasteiger partial charge in [-0.1, -0.05) is 26.0 Å². The van der Waals surface area contributed by atoms with Crippen molar-refractivity contribution in [2.75, 3.05) is 23.4 Å². The first-order valence-electron chi connectivity index (χ1n) is 10.1. The monoisotopic (exact) mass is 417 g/mol. The SMILES string of the molecule is Cc1nn([C@@H]2CCS(=O)(=O)C2)c2c1[C@@H](c1cccc(OCC(C)C)c1)CC(=O)N2. The molecule has 2 aliphatic heterocycles. The molecule has 0 unspecified atom stereocenters. The summed E-state index contributed by atoms with van der Waals surface area (Å²) in [7, 11) is -3.05. The smallest absolute Gasteiger partial charge is 0.226 e. The lowest BCUT2D eigenvalue weighted by molar-refractivity contribution is -0.116. The number of hydrogen-bond donors (Lipinski definition) is 1. The van der Waals surface area contributed by atoms with E-state index < -0.39 is 9.84 Å². The summed E-state index contributed by atoms with van der Waals surface area (Å²) in [6, 6.07) is 7.64. The van der Waals surface area contributed by atoms with Crippen LogP contribution in [0.5, 0.6) is 5.75 Å². The number of aryl methyl sites for hydroxylation is 1. The van der Waals surface area contributed by atoms with E-state index in [-0.39, 0.29) is 29.4 Å². The minimum atomic E-state index is -3.05. The Morgan fingerprint density at radius 3 is 2.83 bits per heavy atom. The van der Waals surface area contributed by atoms with Crippen LogP contribution >= 0.6 is 0 Å². The molecule has 8 heteroatoms. The molecule has 29 heavy (non-hydrogen) atoms. The van der Waals surface area contributed by atoms with Crippen LogP contribution in [0.3, 0.4) is 0 Å². The van der Waals surface area contributed by atoms with Gasteiger partial charge in [0.05, 0.1) is 29.8 Å². The summed E-state index contributed by atoms with van der Waals surface area (Å²) >= 11 is 0. The molecule has 1 aromatic carbocycles. The van der Waals surface area contributed by atoms with Gasteiger partial charge < -0.3 is 10.1 Å². The molecule has 1 amide bonds. The molecule has 1 N–H and O–H groups in total. The molecule has 156 valence electrons. The van der Waals surface area contributed by atoms with Crippen LogP contribution in [0, 0.1) is 12.8 Å². The molecule has 4 rings (SSSR count). The Bertz CT molecular complexity index is 1040. The van der Waals surface area contributed by atoms with Gasteiger partial charge >= 0.3 is 0 Å². The fourth-order valence-electron chi connectivity index (χ4n) is 4.17. The van der Waals surface area contributed by atoms with Crippen LogP contribution in [0.2, 0.25) is 0 Å². The number of hydrogen-bond acceptors (Lipinski definition) is 5. The molecule has 0 spiro atoms. The van der Waals surface area contributed by atoms with E-state index in [9.17, 15) is 13.2 Å². The average molecular weight is 418 g/mol. The Kier molecular flexibility index (Phi) is 5.14. The van der Waals surface area contributed by atoms with Crippen LogP contribution in [-0.2, 0) is 14.6 Å². The standard InChI is InChI=1S/C21H27N3O4S/c1-13(2)11-28-17-6-4-5-15(9-17)18-10-19(25)22-21-20(18)14(3)23-24(21)16-7-8-29(26,27)12-16/h4-6,9,13,16,18H,7-8,10-12H2,1-3H3,(H,22,25)/t16-,18-/m1/s1. The third-order valence-corrected chi connectivity index (χ3v) is 7.28. The van der Waals surface area contributed by atoms with Crippen LogP contribution in [0.25, 0.3) is 0 Å². The summed E-state index contributed by atoms with van der Waals surface area (Å²) in [6.45, 7) is 6.75. The van der Waals surface area contributed by atoms with Crippen molar-refractivity contribution in [2.45, 2.75) is 45.6 Å². The van der Waals surface area contributed by atoms with Crippen LogP contribution in [-0.4, -0.2) is 42.2 Å². The van der Waals surface area contributed by atoms with E-state index in [1.54, 1.807) is 4.68 Å². The molecule has 0 saturated carbocycles. The normalized spacial score (nSPS) is 23.1. The molecular formula is C21H27N3O4S. The zero-order chi connectivity index (χ0) is 20.8. The lowest BCUT2D eigenvalue weighted by Crippen LogP contribution is -2.26. The van der Waals surface area contributed by atoms with E-state index in [0.717, 1.165) is 22.6 Å². The van der Waals surface area contributed by atoms with Crippen molar-refractivity contribution >= 4 is 21.6 Å². The Morgan fingerprint density at radius 2 is 2.14 bits per heavy atom. The van der Waals surface area contributed by atoms with Gasteiger partial charge in [0.25, 0.3) is 0 Å². The molecule has 0 aliphatic carbocycles. The number of aromatic nitrogens is 2. The number of amides is 1. The molecule has 2 atom stereocenters. The van der Waals surface area contributed by atoms with Crippen LogP contribution in [0.4, 0.5) is 5.82 Å². The predicted molar refractivity (Wildman–Crippen MR) is 111 cm³/mol. The largest absolute Gasteiger partial charge is 0.493 e. The van der Waals surface area contributed by atoms with Crippen molar-refractivity contribution in [1.82, 2.24) is 9.78 Å². The number of nitrogens with zero attached hydrogens (tertiary/aromatic N) is 2. The highest BCUT2D eigenvalue weighted by Crippen LogP contribution is 2.42. The minimum Gasteiger partial charge on any atom is -0.493 e. The lowest BCUT2D eigenvalue weighted by atomic mass is 9.85. The first kappa shape index (κ1) is 19.9. The molecule has 0 bridgehead atoms. The molecule has 2 aromatic rings. The van der Waals surface area contributed by atoms with Crippen LogP contribution in [0.1, 0.15) is 55.5 Å². The van der Waals surface area contributed by atoms with E-state index in [0.29, 0.717) is 31.2 Å². The Balaban J connectivity index is 1.70. The third kappa shape index (κ3) is 4.03. The highest BCUT2D eigenvalue weighted by molar-refractivity contribution is 7.91. The van der Waals surface area contributed by atoms with Gasteiger partial charge in [-0.2, -0.15) is 5.10 Å². The van der Waals surface area contributed by atoms with Gasteiger partial charge in [-0.05, 0) is 37.0 Å². The average Bonchev–Trinajstić information content (AvgIpc) is 3.19. The minimum absolute atomic E-state index is 0.0691. The van der Waals surface area contributed by atoms with E-state index >= 15 is 0 Å². The maximum atomic E-state index is 12.5. The number of fused-ring (bicyclic) bond motifs is 1. The van der Waals surface area contributed by atoms with Gasteiger partial charge in [-0.15, -0.1) is 0 Å². The van der Waals surface area contributed by atoms with E-state index in [2.05, 4.69) is 24.3 Å². The number of rotatable bonds is 5. The summed E-state index contributed by atoms with van der Waals surface area (Å²) in [6.07, 6.45) is 0.852. The molecular weight excluding hydrogens is 390 g/mol. The summed E-state index contributed by atoms with van der Waals surface area (Å²) in [5.41, 5.74) is 2.79. The molecule has 1 aromatic heterocycles. The second-order valence-electron chi connectivity index (χ2n) is 8.43. The Labute approximate surface area is 171 Å². The van der Waals surface area contributed by atoms with Crippen molar-refractivity contribution < 1.29 is 17.9 Å². The quantitative estimate of drug-likeness (QED) is 0.807. The summed E-state index contributed by atoms with van der Waals surface area (Å²) < 4.78 is 31.5. The number of anilines is 1. The van der Waals surface area contributed by atoms with Crippen LogP contribution < -0.4 is 10.1 Å². The predicted octanol–water partition coefficient (Wildman–Crippen LogP) is 3.06. The fraction of sp³-hybridized carbons (Fsp3) is 0.524. The van der Waals surface area contributed by atoms with E-state index in [1.165, 1.54) is 0 Å². The first-order chi connectivity index (χ1) is 13.7. The van der Waals surface area contributed by atoms with Crippen molar-refractivity contribution in [3.05, 3.63) is 41.1 Å². The molecule has 0 radical (unpaired) electrons.